The maximum absolute atomic E-state index is 13.0. The standard InChI is InChI=1S/C22H21F5N2O2/c23-21(24)31-17-6-4-14(5-7-17)13-29-18-8-9-28(19(18)11-20(29)30)12-15-2-1-3-16(10-15)22(25,26)27/h1-7,10,18-19,21H,8-9,11-13H2/t18-,19-/m0/s1. The van der Waals surface area contributed by atoms with E-state index >= 15 is 0 Å². The highest BCUT2D eigenvalue weighted by molar-refractivity contribution is 5.80. The lowest BCUT2D eigenvalue weighted by atomic mass is 10.1. The lowest BCUT2D eigenvalue weighted by Gasteiger charge is -2.26. The van der Waals surface area contributed by atoms with Crippen molar-refractivity contribution in [2.75, 3.05) is 6.54 Å². The molecule has 0 aliphatic carbocycles. The molecule has 2 aromatic rings. The first-order chi connectivity index (χ1) is 14.7. The molecule has 0 spiro atoms. The molecular weight excluding hydrogens is 419 g/mol. The molecule has 1 amide bonds. The molecule has 31 heavy (non-hydrogen) atoms. The van der Waals surface area contributed by atoms with Gasteiger partial charge in [-0.25, -0.2) is 0 Å². The maximum atomic E-state index is 13.0. The lowest BCUT2D eigenvalue weighted by molar-refractivity contribution is -0.137. The summed E-state index contributed by atoms with van der Waals surface area (Å²) in [6.07, 6.45) is -3.34. The summed E-state index contributed by atoms with van der Waals surface area (Å²) in [5.74, 6) is 0.0363. The minimum absolute atomic E-state index is 0.0170. The molecule has 2 fully saturated rings. The molecule has 4 nitrogen and oxygen atoms in total. The number of fused-ring (bicyclic) bond motifs is 1. The Morgan fingerprint density at radius 2 is 1.74 bits per heavy atom. The van der Waals surface area contributed by atoms with E-state index in [1.54, 1.807) is 23.1 Å². The number of halogens is 5. The average Bonchev–Trinajstić information content (AvgIpc) is 3.22. The van der Waals surface area contributed by atoms with Crippen molar-refractivity contribution in [1.29, 1.82) is 0 Å². The van der Waals surface area contributed by atoms with Crippen LogP contribution >= 0.6 is 0 Å². The first kappa shape index (κ1) is 21.5. The zero-order valence-corrected chi connectivity index (χ0v) is 16.5. The van der Waals surface area contributed by atoms with E-state index in [0.29, 0.717) is 31.6 Å². The Labute approximate surface area is 176 Å². The molecule has 9 heteroatoms. The van der Waals surface area contributed by atoms with Crippen molar-refractivity contribution >= 4 is 5.91 Å². The first-order valence-electron chi connectivity index (χ1n) is 9.94. The maximum Gasteiger partial charge on any atom is 0.416 e. The summed E-state index contributed by atoms with van der Waals surface area (Å²) in [5.41, 5.74) is 0.687. The van der Waals surface area contributed by atoms with Crippen LogP contribution < -0.4 is 4.74 Å². The summed E-state index contributed by atoms with van der Waals surface area (Å²) in [7, 11) is 0. The van der Waals surface area contributed by atoms with Gasteiger partial charge in [-0.2, -0.15) is 22.0 Å². The second-order valence-electron chi connectivity index (χ2n) is 7.84. The van der Waals surface area contributed by atoms with Gasteiger partial charge >= 0.3 is 12.8 Å². The molecule has 0 radical (unpaired) electrons. The van der Waals surface area contributed by atoms with Gasteiger partial charge in [0.1, 0.15) is 5.75 Å². The molecule has 2 aromatic carbocycles. The summed E-state index contributed by atoms with van der Waals surface area (Å²) >= 11 is 0. The number of carbonyl (C=O) groups is 1. The van der Waals surface area contributed by atoms with Gasteiger partial charge in [-0.05, 0) is 35.7 Å². The van der Waals surface area contributed by atoms with Crippen LogP contribution in [0.4, 0.5) is 22.0 Å². The molecule has 166 valence electrons. The van der Waals surface area contributed by atoms with Crippen molar-refractivity contribution in [2.45, 2.75) is 50.8 Å². The molecule has 4 rings (SSSR count). The van der Waals surface area contributed by atoms with Crippen LogP contribution in [-0.2, 0) is 24.1 Å². The van der Waals surface area contributed by atoms with Crippen LogP contribution in [0, 0.1) is 0 Å². The predicted molar refractivity (Wildman–Crippen MR) is 102 cm³/mol. The van der Waals surface area contributed by atoms with Gasteiger partial charge in [0.25, 0.3) is 0 Å². The fourth-order valence-corrected chi connectivity index (χ4v) is 4.46. The molecule has 2 aliphatic heterocycles. The zero-order valence-electron chi connectivity index (χ0n) is 16.5. The van der Waals surface area contributed by atoms with Gasteiger partial charge in [-0.3, -0.25) is 9.69 Å². The quantitative estimate of drug-likeness (QED) is 0.612. The number of benzene rings is 2. The van der Waals surface area contributed by atoms with E-state index in [1.807, 2.05) is 0 Å². The van der Waals surface area contributed by atoms with Gasteiger partial charge in [0.05, 0.1) is 5.56 Å². The fourth-order valence-electron chi connectivity index (χ4n) is 4.46. The Hall–Kier alpha value is -2.68. The van der Waals surface area contributed by atoms with E-state index in [0.717, 1.165) is 24.1 Å². The van der Waals surface area contributed by atoms with Crippen LogP contribution in [0.5, 0.6) is 5.75 Å². The number of carbonyl (C=O) groups excluding carboxylic acids is 1. The molecule has 2 heterocycles. The predicted octanol–water partition coefficient (Wildman–Crippen LogP) is 4.68. The van der Waals surface area contributed by atoms with E-state index in [-0.39, 0.29) is 23.7 Å². The third-order valence-electron chi connectivity index (χ3n) is 5.87. The van der Waals surface area contributed by atoms with Gasteiger partial charge in [-0.15, -0.1) is 0 Å². The summed E-state index contributed by atoms with van der Waals surface area (Å²) in [6.45, 7) is -1.50. The number of alkyl halides is 5. The molecule has 2 aliphatic rings. The zero-order chi connectivity index (χ0) is 22.2. The Morgan fingerprint density at radius 3 is 2.42 bits per heavy atom. The van der Waals surface area contributed by atoms with Crippen molar-refractivity contribution in [3.05, 3.63) is 65.2 Å². The molecule has 0 bridgehead atoms. The second-order valence-corrected chi connectivity index (χ2v) is 7.84. The second kappa shape index (κ2) is 8.45. The van der Waals surface area contributed by atoms with E-state index in [9.17, 15) is 26.7 Å². The van der Waals surface area contributed by atoms with E-state index in [4.69, 9.17) is 0 Å². The van der Waals surface area contributed by atoms with Crippen molar-refractivity contribution in [3.63, 3.8) is 0 Å². The topological polar surface area (TPSA) is 32.8 Å². The van der Waals surface area contributed by atoms with Crippen LogP contribution in [0.3, 0.4) is 0 Å². The van der Waals surface area contributed by atoms with E-state index in [1.165, 1.54) is 18.2 Å². The Kier molecular flexibility index (Phi) is 5.88. The minimum Gasteiger partial charge on any atom is -0.435 e. The Bertz CT molecular complexity index is 932. The third-order valence-corrected chi connectivity index (χ3v) is 5.87. The van der Waals surface area contributed by atoms with Gasteiger partial charge in [0.2, 0.25) is 5.91 Å². The van der Waals surface area contributed by atoms with Crippen molar-refractivity contribution in [3.8, 4) is 5.75 Å². The number of nitrogens with zero attached hydrogens (tertiary/aromatic N) is 2. The summed E-state index contributed by atoms with van der Waals surface area (Å²) < 4.78 is 67.9. The van der Waals surface area contributed by atoms with Crippen LogP contribution in [0.15, 0.2) is 48.5 Å². The number of hydrogen-bond donors (Lipinski definition) is 0. The molecule has 2 saturated heterocycles. The highest BCUT2D eigenvalue weighted by Crippen LogP contribution is 2.35. The SMILES string of the molecule is O=C1C[C@H]2[C@H](CCN2Cc2cccc(C(F)(F)F)c2)N1Cc1ccc(OC(F)F)cc1. The molecule has 0 saturated carbocycles. The lowest BCUT2D eigenvalue weighted by Crippen LogP contribution is -2.36. The number of ether oxygens (including phenoxy) is 1. The monoisotopic (exact) mass is 440 g/mol. The third kappa shape index (κ3) is 4.81. The largest absolute Gasteiger partial charge is 0.435 e. The van der Waals surface area contributed by atoms with E-state index < -0.39 is 18.4 Å². The smallest absolute Gasteiger partial charge is 0.416 e. The summed E-state index contributed by atoms with van der Waals surface area (Å²) in [6, 6.07) is 11.4. The van der Waals surface area contributed by atoms with Crippen LogP contribution in [-0.4, -0.2) is 40.9 Å². The van der Waals surface area contributed by atoms with Gasteiger partial charge in [0, 0.05) is 38.1 Å². The highest BCUT2D eigenvalue weighted by Gasteiger charge is 2.46. The number of likely N-dealkylation sites (tertiary alicyclic amines) is 2. The fraction of sp³-hybridized carbons (Fsp3) is 0.409. The molecular formula is C22H21F5N2O2. The van der Waals surface area contributed by atoms with Gasteiger partial charge in [-0.1, -0.05) is 30.3 Å². The first-order valence-corrected chi connectivity index (χ1v) is 9.94. The number of rotatable bonds is 6. The van der Waals surface area contributed by atoms with Gasteiger partial charge < -0.3 is 9.64 Å². The number of amides is 1. The van der Waals surface area contributed by atoms with Crippen molar-refractivity contribution < 1.29 is 31.5 Å². The summed E-state index contributed by atoms with van der Waals surface area (Å²) in [5, 5.41) is 0. The highest BCUT2D eigenvalue weighted by atomic mass is 19.4. The summed E-state index contributed by atoms with van der Waals surface area (Å²) in [4.78, 5) is 16.5. The van der Waals surface area contributed by atoms with Gasteiger partial charge in [0.15, 0.2) is 0 Å². The Balaban J connectivity index is 1.41. The van der Waals surface area contributed by atoms with Crippen molar-refractivity contribution in [2.24, 2.45) is 0 Å². The van der Waals surface area contributed by atoms with Crippen LogP contribution in [0.1, 0.15) is 29.5 Å². The molecule has 0 N–H and O–H groups in total. The van der Waals surface area contributed by atoms with Crippen LogP contribution in [0.25, 0.3) is 0 Å². The molecule has 0 aromatic heterocycles. The molecule has 2 atom stereocenters. The normalized spacial score (nSPS) is 21.7. The minimum atomic E-state index is -4.39. The van der Waals surface area contributed by atoms with Crippen molar-refractivity contribution in [1.82, 2.24) is 9.80 Å². The average molecular weight is 440 g/mol. The number of hydrogen-bond acceptors (Lipinski definition) is 3. The van der Waals surface area contributed by atoms with E-state index in [2.05, 4.69) is 9.64 Å². The Morgan fingerprint density at radius 1 is 1.00 bits per heavy atom. The van der Waals surface area contributed by atoms with Crippen LogP contribution in [0.2, 0.25) is 0 Å². The molecule has 0 unspecified atom stereocenters.